The Kier molecular flexibility index (Phi) is 2.82. The van der Waals surface area contributed by atoms with E-state index < -0.39 is 0 Å². The molecule has 3 heteroatoms. The van der Waals surface area contributed by atoms with Gasteiger partial charge in [-0.15, -0.1) is 0 Å². The third kappa shape index (κ3) is 1.77. The van der Waals surface area contributed by atoms with Crippen molar-refractivity contribution in [1.29, 1.82) is 0 Å². The number of fused-ring (bicyclic) bond motifs is 1. The zero-order chi connectivity index (χ0) is 11.9. The van der Waals surface area contributed by atoms with Crippen LogP contribution in [0.2, 0.25) is 0 Å². The first-order valence-electron chi connectivity index (χ1n) is 5.31. The van der Waals surface area contributed by atoms with E-state index in [0.717, 1.165) is 23.3 Å². The highest BCUT2D eigenvalue weighted by molar-refractivity contribution is 9.10. The second-order valence-corrected chi connectivity index (χ2v) is 5.83. The fourth-order valence-corrected chi connectivity index (χ4v) is 2.56. The standard InChI is InChI=1S/C13H15BrO2/c1-13(2)7-8-6-9(16-3)4-5-10(8)11(15)12(13)14/h4-6,12H,7H2,1-3H3/t12-/m1/s1. The molecular formula is C13H15BrO2. The Bertz CT molecular complexity index is 438. The van der Waals surface area contributed by atoms with E-state index in [1.165, 1.54) is 0 Å². The van der Waals surface area contributed by atoms with Gasteiger partial charge >= 0.3 is 0 Å². The molecule has 0 aliphatic heterocycles. The van der Waals surface area contributed by atoms with Crippen LogP contribution in [0, 0.1) is 5.41 Å². The second-order valence-electron chi connectivity index (χ2n) is 4.92. The topological polar surface area (TPSA) is 26.3 Å². The van der Waals surface area contributed by atoms with Crippen molar-refractivity contribution in [2.45, 2.75) is 25.1 Å². The van der Waals surface area contributed by atoms with Crippen LogP contribution in [-0.2, 0) is 6.42 Å². The van der Waals surface area contributed by atoms with Gasteiger partial charge in [0.05, 0.1) is 11.9 Å². The molecule has 0 amide bonds. The van der Waals surface area contributed by atoms with E-state index in [9.17, 15) is 4.79 Å². The van der Waals surface area contributed by atoms with Gasteiger partial charge in [-0.3, -0.25) is 4.79 Å². The maximum atomic E-state index is 12.1. The van der Waals surface area contributed by atoms with Crippen molar-refractivity contribution in [1.82, 2.24) is 0 Å². The number of alkyl halides is 1. The number of methoxy groups -OCH3 is 1. The summed E-state index contributed by atoms with van der Waals surface area (Å²) in [6, 6.07) is 5.67. The number of rotatable bonds is 1. The van der Waals surface area contributed by atoms with Gasteiger partial charge in [0, 0.05) is 5.56 Å². The van der Waals surface area contributed by atoms with Gasteiger partial charge in [0.2, 0.25) is 0 Å². The predicted molar refractivity (Wildman–Crippen MR) is 67.5 cm³/mol. The summed E-state index contributed by atoms with van der Waals surface area (Å²) in [6.07, 6.45) is 0.890. The number of carbonyl (C=O) groups excluding carboxylic acids is 1. The lowest BCUT2D eigenvalue weighted by Gasteiger charge is -2.35. The van der Waals surface area contributed by atoms with Crippen molar-refractivity contribution >= 4 is 21.7 Å². The van der Waals surface area contributed by atoms with Gasteiger partial charge in [-0.2, -0.15) is 0 Å². The maximum Gasteiger partial charge on any atom is 0.177 e. The molecule has 2 rings (SSSR count). The lowest BCUT2D eigenvalue weighted by Crippen LogP contribution is -2.38. The van der Waals surface area contributed by atoms with E-state index in [1.807, 2.05) is 18.2 Å². The number of hydrogen-bond donors (Lipinski definition) is 0. The van der Waals surface area contributed by atoms with Gasteiger partial charge < -0.3 is 4.74 Å². The van der Waals surface area contributed by atoms with Crippen LogP contribution in [0.3, 0.4) is 0 Å². The first-order valence-corrected chi connectivity index (χ1v) is 6.22. The molecule has 0 fully saturated rings. The SMILES string of the molecule is COc1ccc2c(c1)CC(C)(C)[C@H](Br)C2=O. The fraction of sp³-hybridized carbons (Fsp3) is 0.462. The Morgan fingerprint density at radius 2 is 2.12 bits per heavy atom. The minimum atomic E-state index is -0.0964. The van der Waals surface area contributed by atoms with Crippen molar-refractivity contribution in [3.8, 4) is 5.75 Å². The molecule has 16 heavy (non-hydrogen) atoms. The highest BCUT2D eigenvalue weighted by Crippen LogP contribution is 2.40. The van der Waals surface area contributed by atoms with Gasteiger partial charge in [-0.25, -0.2) is 0 Å². The number of ketones is 1. The third-order valence-electron chi connectivity index (χ3n) is 3.14. The lowest BCUT2D eigenvalue weighted by molar-refractivity contribution is 0.0929. The van der Waals surface area contributed by atoms with E-state index in [0.29, 0.717) is 0 Å². The maximum absolute atomic E-state index is 12.1. The molecule has 1 aliphatic carbocycles. The van der Waals surface area contributed by atoms with Crippen molar-refractivity contribution in [3.63, 3.8) is 0 Å². The zero-order valence-corrected chi connectivity index (χ0v) is 11.3. The Labute approximate surface area is 104 Å². The second kappa shape index (κ2) is 3.88. The van der Waals surface area contributed by atoms with Crippen LogP contribution in [0.4, 0.5) is 0 Å². The summed E-state index contributed by atoms with van der Waals surface area (Å²) in [7, 11) is 1.64. The van der Waals surface area contributed by atoms with Crippen LogP contribution in [0.1, 0.15) is 29.8 Å². The summed E-state index contributed by atoms with van der Waals surface area (Å²) in [6.45, 7) is 4.21. The molecule has 1 aliphatic rings. The number of benzene rings is 1. The molecule has 0 aromatic heterocycles. The van der Waals surface area contributed by atoms with Crippen LogP contribution < -0.4 is 4.74 Å². The number of carbonyl (C=O) groups is 1. The molecule has 1 aromatic rings. The minimum absolute atomic E-state index is 0.0452. The molecule has 0 saturated heterocycles. The number of ether oxygens (including phenoxy) is 1. The van der Waals surface area contributed by atoms with Gasteiger partial charge in [-0.1, -0.05) is 29.8 Å². The number of halogens is 1. The summed E-state index contributed by atoms with van der Waals surface area (Å²) >= 11 is 3.50. The molecule has 2 nitrogen and oxygen atoms in total. The Balaban J connectivity index is 2.51. The van der Waals surface area contributed by atoms with Crippen LogP contribution >= 0.6 is 15.9 Å². The molecule has 0 bridgehead atoms. The Morgan fingerprint density at radius 1 is 1.44 bits per heavy atom. The largest absolute Gasteiger partial charge is 0.497 e. The van der Waals surface area contributed by atoms with Crippen LogP contribution in [-0.4, -0.2) is 17.7 Å². The average molecular weight is 283 g/mol. The predicted octanol–water partition coefficient (Wildman–Crippen LogP) is 3.22. The van der Waals surface area contributed by atoms with Crippen LogP contribution in [0.15, 0.2) is 18.2 Å². The quantitative estimate of drug-likeness (QED) is 0.740. The Morgan fingerprint density at radius 3 is 2.75 bits per heavy atom. The van der Waals surface area contributed by atoms with Crippen molar-refractivity contribution in [2.24, 2.45) is 5.41 Å². The monoisotopic (exact) mass is 282 g/mol. The van der Waals surface area contributed by atoms with Gasteiger partial charge in [0.1, 0.15) is 5.75 Å². The summed E-state index contributed by atoms with van der Waals surface area (Å²) < 4.78 is 5.19. The minimum Gasteiger partial charge on any atom is -0.497 e. The fourth-order valence-electron chi connectivity index (χ4n) is 2.16. The van der Waals surface area contributed by atoms with Crippen LogP contribution in [0.5, 0.6) is 5.75 Å². The Hall–Kier alpha value is -0.830. The first-order chi connectivity index (χ1) is 7.45. The molecule has 0 unspecified atom stereocenters. The number of Topliss-reactive ketones (excluding diaryl/α,β-unsaturated/α-hetero) is 1. The molecule has 0 saturated carbocycles. The molecule has 0 N–H and O–H groups in total. The van der Waals surface area contributed by atoms with Gasteiger partial charge in [0.15, 0.2) is 5.78 Å². The van der Waals surface area contributed by atoms with Crippen molar-refractivity contribution in [3.05, 3.63) is 29.3 Å². The molecule has 0 heterocycles. The molecular weight excluding hydrogens is 268 g/mol. The van der Waals surface area contributed by atoms with Crippen molar-refractivity contribution in [2.75, 3.05) is 7.11 Å². The summed E-state index contributed by atoms with van der Waals surface area (Å²) in [4.78, 5) is 12.0. The van der Waals surface area contributed by atoms with E-state index in [1.54, 1.807) is 7.11 Å². The molecule has 0 radical (unpaired) electrons. The highest BCUT2D eigenvalue weighted by Gasteiger charge is 2.39. The molecule has 86 valence electrons. The number of hydrogen-bond acceptors (Lipinski definition) is 2. The first kappa shape index (κ1) is 11.6. The van der Waals surface area contributed by atoms with Gasteiger partial charge in [-0.05, 0) is 35.6 Å². The molecule has 1 atom stereocenters. The van der Waals surface area contributed by atoms with E-state index >= 15 is 0 Å². The highest BCUT2D eigenvalue weighted by atomic mass is 79.9. The van der Waals surface area contributed by atoms with E-state index in [2.05, 4.69) is 29.8 Å². The molecule has 1 aromatic carbocycles. The summed E-state index contributed by atoms with van der Waals surface area (Å²) in [5.41, 5.74) is 1.86. The smallest absolute Gasteiger partial charge is 0.177 e. The van der Waals surface area contributed by atoms with Crippen LogP contribution in [0.25, 0.3) is 0 Å². The lowest BCUT2D eigenvalue weighted by atomic mass is 9.73. The third-order valence-corrected chi connectivity index (χ3v) is 4.80. The average Bonchev–Trinajstić information content (AvgIpc) is 2.25. The zero-order valence-electron chi connectivity index (χ0n) is 9.71. The van der Waals surface area contributed by atoms with E-state index in [-0.39, 0.29) is 16.0 Å². The normalized spacial score (nSPS) is 22.8. The molecule has 0 spiro atoms. The van der Waals surface area contributed by atoms with E-state index in [4.69, 9.17) is 4.74 Å². The summed E-state index contributed by atoms with van der Waals surface area (Å²) in [5, 5.41) is 0. The van der Waals surface area contributed by atoms with Gasteiger partial charge in [0.25, 0.3) is 0 Å². The summed E-state index contributed by atoms with van der Waals surface area (Å²) in [5.74, 6) is 0.990. The van der Waals surface area contributed by atoms with Crippen molar-refractivity contribution < 1.29 is 9.53 Å².